The van der Waals surface area contributed by atoms with E-state index in [2.05, 4.69) is 15.5 Å². The van der Waals surface area contributed by atoms with Gasteiger partial charge in [-0.05, 0) is 36.4 Å². The normalized spacial score (nSPS) is 10.4. The summed E-state index contributed by atoms with van der Waals surface area (Å²) in [5.74, 6) is 1.25. The predicted molar refractivity (Wildman–Crippen MR) is 86.6 cm³/mol. The molecule has 1 N–H and O–H groups in total. The summed E-state index contributed by atoms with van der Waals surface area (Å²) in [6.45, 7) is 3.83. The van der Waals surface area contributed by atoms with Gasteiger partial charge in [-0.15, -0.1) is 10.2 Å². The molecule has 21 heavy (non-hydrogen) atoms. The Morgan fingerprint density at radius 3 is 3.00 bits per heavy atom. The molecular formula is C13H14ClN3O2S2. The second-order valence-electron chi connectivity index (χ2n) is 4.05. The van der Waals surface area contributed by atoms with Crippen molar-refractivity contribution in [3.8, 4) is 5.75 Å². The fourth-order valence-electron chi connectivity index (χ4n) is 1.45. The Labute approximate surface area is 136 Å². The van der Waals surface area contributed by atoms with Gasteiger partial charge >= 0.3 is 0 Å². The third-order valence-corrected chi connectivity index (χ3v) is 4.70. The minimum absolute atomic E-state index is 0.0864. The average Bonchev–Trinajstić information content (AvgIpc) is 2.88. The van der Waals surface area contributed by atoms with Crippen molar-refractivity contribution in [2.24, 2.45) is 0 Å². The summed E-state index contributed by atoms with van der Waals surface area (Å²) in [7, 11) is 0. The molecule has 1 aromatic heterocycles. The van der Waals surface area contributed by atoms with Crippen LogP contribution in [0.1, 0.15) is 12.5 Å². The van der Waals surface area contributed by atoms with E-state index in [1.807, 2.05) is 13.8 Å². The van der Waals surface area contributed by atoms with Crippen LogP contribution in [0.15, 0.2) is 22.5 Å². The number of carbonyl (C=O) groups is 1. The summed E-state index contributed by atoms with van der Waals surface area (Å²) in [6, 6.07) is 5.25. The number of nitrogens with zero attached hydrogens (tertiary/aromatic N) is 2. The quantitative estimate of drug-likeness (QED) is 0.641. The summed E-state index contributed by atoms with van der Waals surface area (Å²) >= 11 is 8.86. The van der Waals surface area contributed by atoms with Crippen molar-refractivity contribution in [2.75, 3.05) is 17.7 Å². The van der Waals surface area contributed by atoms with Crippen LogP contribution in [0.3, 0.4) is 0 Å². The van der Waals surface area contributed by atoms with E-state index in [0.29, 0.717) is 15.9 Å². The first kappa shape index (κ1) is 16.1. The number of halogens is 1. The van der Waals surface area contributed by atoms with Crippen molar-refractivity contribution in [3.05, 3.63) is 28.8 Å². The number of hydrogen-bond donors (Lipinski definition) is 1. The highest BCUT2D eigenvalue weighted by atomic mass is 35.5. The Hall–Kier alpha value is -1.31. The Bertz CT molecular complexity index is 634. The van der Waals surface area contributed by atoms with E-state index < -0.39 is 0 Å². The maximum absolute atomic E-state index is 11.8. The van der Waals surface area contributed by atoms with Crippen LogP contribution >= 0.6 is 34.7 Å². The second kappa shape index (κ2) is 7.63. The minimum atomic E-state index is -0.271. The van der Waals surface area contributed by atoms with Gasteiger partial charge in [-0.2, -0.15) is 0 Å². The van der Waals surface area contributed by atoms with E-state index >= 15 is 0 Å². The van der Waals surface area contributed by atoms with Gasteiger partial charge in [0.05, 0.1) is 0 Å². The first-order valence-corrected chi connectivity index (χ1v) is 8.41. The molecule has 0 aliphatic heterocycles. The van der Waals surface area contributed by atoms with Crippen LogP contribution in [0.25, 0.3) is 0 Å². The Kier molecular flexibility index (Phi) is 5.84. The number of aryl methyl sites for hydroxylation is 1. The lowest BCUT2D eigenvalue weighted by atomic mass is 10.2. The molecule has 0 spiro atoms. The molecule has 112 valence electrons. The molecule has 0 saturated heterocycles. The molecule has 0 bridgehead atoms. The number of anilines is 1. The van der Waals surface area contributed by atoms with Crippen molar-refractivity contribution in [1.82, 2.24) is 10.2 Å². The van der Waals surface area contributed by atoms with Crippen LogP contribution in [0.4, 0.5) is 5.13 Å². The number of carbonyl (C=O) groups excluding carboxylic acids is 1. The highest BCUT2D eigenvalue weighted by Gasteiger charge is 2.09. The smallest absolute Gasteiger partial charge is 0.264 e. The summed E-state index contributed by atoms with van der Waals surface area (Å²) in [6.07, 6.45) is 0. The number of nitrogens with one attached hydrogen (secondary N) is 1. The van der Waals surface area contributed by atoms with Crippen LogP contribution in [0.2, 0.25) is 5.02 Å². The van der Waals surface area contributed by atoms with Gasteiger partial charge in [-0.25, -0.2) is 0 Å². The molecule has 8 heteroatoms. The van der Waals surface area contributed by atoms with E-state index in [0.717, 1.165) is 15.7 Å². The van der Waals surface area contributed by atoms with Crippen LogP contribution in [-0.2, 0) is 4.79 Å². The number of thioether (sulfide) groups is 1. The lowest BCUT2D eigenvalue weighted by molar-refractivity contribution is -0.118. The first-order valence-electron chi connectivity index (χ1n) is 6.23. The Balaban J connectivity index is 1.85. The maximum Gasteiger partial charge on any atom is 0.264 e. The molecule has 2 rings (SSSR count). The van der Waals surface area contributed by atoms with E-state index in [1.165, 1.54) is 11.3 Å². The number of rotatable bonds is 6. The molecule has 0 fully saturated rings. The molecule has 1 aromatic carbocycles. The summed E-state index contributed by atoms with van der Waals surface area (Å²) < 4.78 is 6.25. The van der Waals surface area contributed by atoms with Crippen molar-refractivity contribution < 1.29 is 9.53 Å². The zero-order chi connectivity index (χ0) is 15.2. The average molecular weight is 344 g/mol. The van der Waals surface area contributed by atoms with E-state index in [9.17, 15) is 4.79 Å². The fraction of sp³-hybridized carbons (Fsp3) is 0.308. The second-order valence-corrected chi connectivity index (χ2v) is 6.95. The maximum atomic E-state index is 11.8. The lowest BCUT2D eigenvalue weighted by Crippen LogP contribution is -2.20. The number of benzene rings is 1. The zero-order valence-electron chi connectivity index (χ0n) is 11.6. The molecule has 2 aromatic rings. The van der Waals surface area contributed by atoms with Gasteiger partial charge in [0.2, 0.25) is 5.13 Å². The van der Waals surface area contributed by atoms with Gasteiger partial charge in [-0.1, -0.05) is 41.6 Å². The van der Waals surface area contributed by atoms with Crippen LogP contribution < -0.4 is 10.1 Å². The van der Waals surface area contributed by atoms with E-state index in [4.69, 9.17) is 16.3 Å². The van der Waals surface area contributed by atoms with Gasteiger partial charge in [0, 0.05) is 5.02 Å². The highest BCUT2D eigenvalue weighted by Crippen LogP contribution is 2.25. The number of amides is 1. The molecule has 0 saturated carbocycles. The summed E-state index contributed by atoms with van der Waals surface area (Å²) in [5, 5.41) is 11.7. The standard InChI is InChI=1S/C13H14ClN3O2S2/c1-3-20-13-17-16-12(21-13)15-11(18)7-19-9-4-5-10(14)8(2)6-9/h4-6H,3,7H2,1-2H3,(H,15,16,18). The number of hydrogen-bond acceptors (Lipinski definition) is 6. The molecule has 0 radical (unpaired) electrons. The molecule has 0 aliphatic rings. The van der Waals surface area contributed by atoms with Crippen molar-refractivity contribution in [1.29, 1.82) is 0 Å². The van der Waals surface area contributed by atoms with Crippen molar-refractivity contribution in [2.45, 2.75) is 18.2 Å². The fourth-order valence-corrected chi connectivity index (χ4v) is 3.24. The highest BCUT2D eigenvalue weighted by molar-refractivity contribution is 8.01. The molecular weight excluding hydrogens is 330 g/mol. The van der Waals surface area contributed by atoms with Crippen LogP contribution in [0, 0.1) is 6.92 Å². The Morgan fingerprint density at radius 1 is 1.48 bits per heavy atom. The topological polar surface area (TPSA) is 64.1 Å². The summed E-state index contributed by atoms with van der Waals surface area (Å²) in [5.41, 5.74) is 0.903. The van der Waals surface area contributed by atoms with Gasteiger partial charge in [0.25, 0.3) is 5.91 Å². The predicted octanol–water partition coefficient (Wildman–Crippen LogP) is 3.63. The molecule has 0 aliphatic carbocycles. The molecule has 0 unspecified atom stereocenters. The third-order valence-electron chi connectivity index (χ3n) is 2.42. The monoisotopic (exact) mass is 343 g/mol. The van der Waals surface area contributed by atoms with Gasteiger partial charge in [-0.3, -0.25) is 10.1 Å². The van der Waals surface area contributed by atoms with Gasteiger partial charge < -0.3 is 4.74 Å². The van der Waals surface area contributed by atoms with Crippen LogP contribution in [0.5, 0.6) is 5.75 Å². The van der Waals surface area contributed by atoms with Crippen molar-refractivity contribution >= 4 is 45.7 Å². The zero-order valence-corrected chi connectivity index (χ0v) is 13.9. The SMILES string of the molecule is CCSc1nnc(NC(=O)COc2ccc(Cl)c(C)c2)s1. The number of ether oxygens (including phenoxy) is 1. The van der Waals surface area contributed by atoms with Crippen LogP contribution in [-0.4, -0.2) is 28.5 Å². The van der Waals surface area contributed by atoms with Crippen molar-refractivity contribution in [3.63, 3.8) is 0 Å². The summed E-state index contributed by atoms with van der Waals surface area (Å²) in [4.78, 5) is 11.8. The Morgan fingerprint density at radius 2 is 2.29 bits per heavy atom. The van der Waals surface area contributed by atoms with E-state index in [1.54, 1.807) is 30.0 Å². The molecule has 1 amide bonds. The van der Waals surface area contributed by atoms with Gasteiger partial charge in [0.1, 0.15) is 5.75 Å². The molecule has 1 heterocycles. The molecule has 5 nitrogen and oxygen atoms in total. The van der Waals surface area contributed by atoms with E-state index in [-0.39, 0.29) is 12.5 Å². The largest absolute Gasteiger partial charge is 0.484 e. The minimum Gasteiger partial charge on any atom is -0.484 e. The molecule has 0 atom stereocenters. The number of aromatic nitrogens is 2. The first-order chi connectivity index (χ1) is 10.1. The van der Waals surface area contributed by atoms with Gasteiger partial charge in [0.15, 0.2) is 10.9 Å². The lowest BCUT2D eigenvalue weighted by Gasteiger charge is -2.07. The third kappa shape index (κ3) is 4.87.